The Labute approximate surface area is 61.9 Å². The zero-order chi connectivity index (χ0) is 6.97. The number of rotatable bonds is 0. The zero-order valence-electron chi connectivity index (χ0n) is 6.22. The van der Waals surface area contributed by atoms with Gasteiger partial charge in [0.1, 0.15) is 0 Å². The lowest BCUT2D eigenvalue weighted by Crippen LogP contribution is -1.83. The Morgan fingerprint density at radius 3 is 3.30 bits per heavy atom. The van der Waals surface area contributed by atoms with Crippen LogP contribution in [0.3, 0.4) is 0 Å². The Balaban J connectivity index is 2.51. The molecule has 1 aliphatic carbocycles. The Hall–Kier alpha value is -0.780. The van der Waals surface area contributed by atoms with Crippen LogP contribution in [-0.2, 0) is 6.42 Å². The van der Waals surface area contributed by atoms with E-state index in [1.807, 2.05) is 6.07 Å². The Morgan fingerprint density at radius 1 is 1.60 bits per heavy atom. The van der Waals surface area contributed by atoms with Crippen LogP contribution < -0.4 is 0 Å². The summed E-state index contributed by atoms with van der Waals surface area (Å²) in [6, 6.07) is 9.46. The van der Waals surface area contributed by atoms with Crippen molar-refractivity contribution in [2.45, 2.75) is 25.7 Å². The van der Waals surface area contributed by atoms with Gasteiger partial charge in [-0.1, -0.05) is 25.1 Å². The van der Waals surface area contributed by atoms with E-state index >= 15 is 0 Å². The summed E-state index contributed by atoms with van der Waals surface area (Å²) in [5.74, 6) is 0.771. The fourth-order valence-corrected chi connectivity index (χ4v) is 1.69. The molecule has 1 radical (unpaired) electrons. The Kier molecular flexibility index (Phi) is 1.26. The molecule has 0 bridgehead atoms. The van der Waals surface area contributed by atoms with E-state index < -0.39 is 0 Å². The quantitative estimate of drug-likeness (QED) is 0.507. The molecule has 51 valence electrons. The molecule has 0 spiro atoms. The third kappa shape index (κ3) is 0.756. The van der Waals surface area contributed by atoms with Crippen molar-refractivity contribution < 1.29 is 0 Å². The van der Waals surface area contributed by atoms with Crippen LogP contribution in [0, 0.1) is 6.07 Å². The highest BCUT2D eigenvalue weighted by molar-refractivity contribution is 5.33. The predicted molar refractivity (Wildman–Crippen MR) is 42.0 cm³/mol. The van der Waals surface area contributed by atoms with Crippen molar-refractivity contribution in [2.24, 2.45) is 0 Å². The van der Waals surface area contributed by atoms with Crippen molar-refractivity contribution in [3.8, 4) is 0 Å². The zero-order valence-corrected chi connectivity index (χ0v) is 6.22. The number of benzene rings is 1. The third-order valence-corrected chi connectivity index (χ3v) is 2.37. The maximum absolute atomic E-state index is 3.12. The van der Waals surface area contributed by atoms with Crippen LogP contribution in [0.2, 0.25) is 0 Å². The van der Waals surface area contributed by atoms with E-state index in [1.165, 1.54) is 24.0 Å². The molecule has 0 N–H and O–H groups in total. The second-order valence-electron chi connectivity index (χ2n) is 3.06. The van der Waals surface area contributed by atoms with Crippen molar-refractivity contribution in [1.82, 2.24) is 0 Å². The van der Waals surface area contributed by atoms with Crippen LogP contribution in [0.5, 0.6) is 0 Å². The lowest BCUT2D eigenvalue weighted by atomic mass is 10.0. The van der Waals surface area contributed by atoms with Gasteiger partial charge in [-0.2, -0.15) is 0 Å². The average molecular weight is 131 g/mol. The van der Waals surface area contributed by atoms with Crippen molar-refractivity contribution in [2.75, 3.05) is 0 Å². The van der Waals surface area contributed by atoms with Crippen LogP contribution in [0.1, 0.15) is 30.4 Å². The summed E-state index contributed by atoms with van der Waals surface area (Å²) in [5.41, 5.74) is 3.05. The van der Waals surface area contributed by atoms with E-state index in [4.69, 9.17) is 0 Å². The van der Waals surface area contributed by atoms with Gasteiger partial charge in [-0.3, -0.25) is 0 Å². The molecule has 1 unspecified atom stereocenters. The molecule has 1 aliphatic rings. The Bertz CT molecular complexity index is 238. The molecular weight excluding hydrogens is 120 g/mol. The smallest absolute Gasteiger partial charge is 0.0181 e. The van der Waals surface area contributed by atoms with Gasteiger partial charge in [0, 0.05) is 0 Å². The molecular formula is C10H11. The normalized spacial score (nSPS) is 22.7. The molecule has 0 aromatic heterocycles. The van der Waals surface area contributed by atoms with E-state index in [-0.39, 0.29) is 0 Å². The second-order valence-corrected chi connectivity index (χ2v) is 3.06. The second kappa shape index (κ2) is 2.12. The fraction of sp³-hybridized carbons (Fsp3) is 0.400. The summed E-state index contributed by atoms with van der Waals surface area (Å²) in [6.07, 6.45) is 2.60. The molecule has 0 saturated carbocycles. The number of hydrogen-bond acceptors (Lipinski definition) is 0. The van der Waals surface area contributed by atoms with Crippen molar-refractivity contribution in [1.29, 1.82) is 0 Å². The van der Waals surface area contributed by atoms with Crippen LogP contribution in [0.15, 0.2) is 18.2 Å². The molecule has 0 nitrogen and oxygen atoms in total. The van der Waals surface area contributed by atoms with Gasteiger partial charge in [0.15, 0.2) is 0 Å². The van der Waals surface area contributed by atoms with Gasteiger partial charge in [0.2, 0.25) is 0 Å². The van der Waals surface area contributed by atoms with E-state index in [0.29, 0.717) is 0 Å². The standard InChI is InChI=1S/C10H11/c1-8-6-7-9-4-2-3-5-10(8)9/h2,4-5,8H,6-7H2,1H3. The number of hydrogen-bond donors (Lipinski definition) is 0. The minimum atomic E-state index is 0.771. The maximum Gasteiger partial charge on any atom is -0.0181 e. The van der Waals surface area contributed by atoms with Gasteiger partial charge in [-0.25, -0.2) is 0 Å². The lowest BCUT2D eigenvalue weighted by molar-refractivity contribution is 0.747. The van der Waals surface area contributed by atoms with Crippen LogP contribution >= 0.6 is 0 Å². The van der Waals surface area contributed by atoms with Gasteiger partial charge in [-0.15, -0.1) is 0 Å². The Morgan fingerprint density at radius 2 is 2.50 bits per heavy atom. The highest BCUT2D eigenvalue weighted by Gasteiger charge is 2.16. The van der Waals surface area contributed by atoms with E-state index in [0.717, 1.165) is 5.92 Å². The molecule has 0 heteroatoms. The SMILES string of the molecule is CC1CCc2cc[c]cc21. The molecule has 1 aromatic carbocycles. The summed E-state index contributed by atoms with van der Waals surface area (Å²) in [5, 5.41) is 0. The summed E-state index contributed by atoms with van der Waals surface area (Å²) < 4.78 is 0. The molecule has 10 heavy (non-hydrogen) atoms. The summed E-state index contributed by atoms with van der Waals surface area (Å²) in [6.45, 7) is 2.29. The molecule has 2 rings (SSSR count). The lowest BCUT2D eigenvalue weighted by Gasteiger charge is -2.01. The fourth-order valence-electron chi connectivity index (χ4n) is 1.69. The van der Waals surface area contributed by atoms with Crippen molar-refractivity contribution in [3.63, 3.8) is 0 Å². The monoisotopic (exact) mass is 131 g/mol. The topological polar surface area (TPSA) is 0 Å². The molecule has 0 fully saturated rings. The van der Waals surface area contributed by atoms with E-state index in [9.17, 15) is 0 Å². The van der Waals surface area contributed by atoms with Gasteiger partial charge in [0.05, 0.1) is 0 Å². The van der Waals surface area contributed by atoms with Crippen molar-refractivity contribution >= 4 is 0 Å². The van der Waals surface area contributed by atoms with Crippen LogP contribution in [0.4, 0.5) is 0 Å². The van der Waals surface area contributed by atoms with Gasteiger partial charge in [-0.05, 0) is 36.0 Å². The molecule has 1 aromatic rings. The van der Waals surface area contributed by atoms with E-state index in [1.54, 1.807) is 0 Å². The minimum absolute atomic E-state index is 0.771. The molecule has 0 heterocycles. The number of fused-ring (bicyclic) bond motifs is 1. The summed E-state index contributed by atoms with van der Waals surface area (Å²) in [7, 11) is 0. The summed E-state index contributed by atoms with van der Waals surface area (Å²) >= 11 is 0. The first-order valence-electron chi connectivity index (χ1n) is 3.87. The number of aryl methyl sites for hydroxylation is 1. The van der Waals surface area contributed by atoms with Gasteiger partial charge in [0.25, 0.3) is 0 Å². The minimum Gasteiger partial charge on any atom is -0.0584 e. The first kappa shape index (κ1) is 5.96. The van der Waals surface area contributed by atoms with Gasteiger partial charge >= 0.3 is 0 Å². The van der Waals surface area contributed by atoms with Gasteiger partial charge < -0.3 is 0 Å². The molecule has 1 atom stereocenters. The van der Waals surface area contributed by atoms with E-state index in [2.05, 4.69) is 25.1 Å². The van der Waals surface area contributed by atoms with Crippen LogP contribution in [-0.4, -0.2) is 0 Å². The van der Waals surface area contributed by atoms with Crippen molar-refractivity contribution in [3.05, 3.63) is 35.4 Å². The highest BCUT2D eigenvalue weighted by Crippen LogP contribution is 2.31. The third-order valence-electron chi connectivity index (χ3n) is 2.37. The molecule has 0 saturated heterocycles. The average Bonchev–Trinajstić information content (AvgIpc) is 2.34. The largest absolute Gasteiger partial charge is 0.0584 e. The maximum atomic E-state index is 3.12. The first-order chi connectivity index (χ1) is 4.88. The predicted octanol–water partition coefficient (Wildman–Crippen LogP) is 2.54. The highest BCUT2D eigenvalue weighted by atomic mass is 14.2. The molecule has 0 aliphatic heterocycles. The molecule has 0 amide bonds. The first-order valence-corrected chi connectivity index (χ1v) is 3.87. The van der Waals surface area contributed by atoms with Crippen LogP contribution in [0.25, 0.3) is 0 Å². The summed E-state index contributed by atoms with van der Waals surface area (Å²) in [4.78, 5) is 0.